The van der Waals surface area contributed by atoms with Crippen molar-refractivity contribution < 1.29 is 0 Å². The SMILES string of the molecule is CCCCCC#CC(C)C. The van der Waals surface area contributed by atoms with Gasteiger partial charge in [0, 0.05) is 12.3 Å². The minimum atomic E-state index is 0.543. The molecule has 0 aliphatic heterocycles. The van der Waals surface area contributed by atoms with E-state index in [0.717, 1.165) is 6.42 Å². The molecule has 0 aromatic rings. The molecule has 0 aromatic carbocycles. The monoisotopic (exact) mass is 138 g/mol. The van der Waals surface area contributed by atoms with Gasteiger partial charge in [0.2, 0.25) is 0 Å². The molecule has 0 N–H and O–H groups in total. The standard InChI is InChI=1S/C10H18/c1-4-5-6-7-8-9-10(2)3/h10H,4-7H2,1-3H3. The van der Waals surface area contributed by atoms with Crippen molar-refractivity contribution in [3.63, 3.8) is 0 Å². The molecule has 0 aliphatic rings. The summed E-state index contributed by atoms with van der Waals surface area (Å²) in [7, 11) is 0. The lowest BCUT2D eigenvalue weighted by molar-refractivity contribution is 0.735. The Morgan fingerprint density at radius 1 is 1.20 bits per heavy atom. The number of unbranched alkanes of at least 4 members (excludes halogenated alkanes) is 3. The maximum Gasteiger partial charge on any atom is 0.0146 e. The summed E-state index contributed by atoms with van der Waals surface area (Å²) >= 11 is 0. The summed E-state index contributed by atoms with van der Waals surface area (Å²) in [5.41, 5.74) is 0. The minimum Gasteiger partial charge on any atom is -0.103 e. The summed E-state index contributed by atoms with van der Waals surface area (Å²) in [6, 6.07) is 0. The molecule has 0 heteroatoms. The first-order chi connectivity index (χ1) is 4.77. The fourth-order valence-corrected chi connectivity index (χ4v) is 0.740. The van der Waals surface area contributed by atoms with Crippen molar-refractivity contribution in [1.29, 1.82) is 0 Å². The molecule has 0 rings (SSSR count). The van der Waals surface area contributed by atoms with E-state index in [1.807, 2.05) is 0 Å². The van der Waals surface area contributed by atoms with Gasteiger partial charge in [-0.3, -0.25) is 0 Å². The van der Waals surface area contributed by atoms with Crippen molar-refractivity contribution in [3.05, 3.63) is 0 Å². The molecule has 0 fully saturated rings. The van der Waals surface area contributed by atoms with Gasteiger partial charge >= 0.3 is 0 Å². The van der Waals surface area contributed by atoms with Crippen LogP contribution < -0.4 is 0 Å². The number of hydrogen-bond acceptors (Lipinski definition) is 0. The predicted molar refractivity (Wildman–Crippen MR) is 46.8 cm³/mol. The molecule has 0 saturated heterocycles. The van der Waals surface area contributed by atoms with Crippen LogP contribution in [-0.4, -0.2) is 0 Å². The van der Waals surface area contributed by atoms with Gasteiger partial charge in [-0.25, -0.2) is 0 Å². The fraction of sp³-hybridized carbons (Fsp3) is 0.800. The van der Waals surface area contributed by atoms with Gasteiger partial charge in [0.25, 0.3) is 0 Å². The molecule has 0 radical (unpaired) electrons. The first-order valence-electron chi connectivity index (χ1n) is 4.25. The topological polar surface area (TPSA) is 0 Å². The molecule has 0 unspecified atom stereocenters. The summed E-state index contributed by atoms with van der Waals surface area (Å²) in [4.78, 5) is 0. The molecule has 0 atom stereocenters. The average Bonchev–Trinajstić information content (AvgIpc) is 1.87. The van der Waals surface area contributed by atoms with Crippen LogP contribution in [0.5, 0.6) is 0 Å². The third-order valence-corrected chi connectivity index (χ3v) is 1.30. The lowest BCUT2D eigenvalue weighted by Crippen LogP contribution is -1.78. The van der Waals surface area contributed by atoms with Crippen molar-refractivity contribution in [2.45, 2.75) is 46.5 Å². The van der Waals surface area contributed by atoms with Crippen molar-refractivity contribution in [3.8, 4) is 11.8 Å². The third kappa shape index (κ3) is 7.56. The zero-order chi connectivity index (χ0) is 7.82. The van der Waals surface area contributed by atoms with E-state index in [9.17, 15) is 0 Å². The van der Waals surface area contributed by atoms with Crippen LogP contribution in [0.2, 0.25) is 0 Å². The van der Waals surface area contributed by atoms with Crippen LogP contribution >= 0.6 is 0 Å². The highest BCUT2D eigenvalue weighted by Gasteiger charge is 1.82. The van der Waals surface area contributed by atoms with Gasteiger partial charge < -0.3 is 0 Å². The van der Waals surface area contributed by atoms with Crippen molar-refractivity contribution in [2.24, 2.45) is 5.92 Å². The first kappa shape index (κ1) is 9.56. The van der Waals surface area contributed by atoms with Gasteiger partial charge in [0.1, 0.15) is 0 Å². The van der Waals surface area contributed by atoms with Crippen molar-refractivity contribution >= 4 is 0 Å². The molecule has 0 aliphatic carbocycles. The third-order valence-electron chi connectivity index (χ3n) is 1.30. The van der Waals surface area contributed by atoms with Crippen LogP contribution in [0.4, 0.5) is 0 Å². The van der Waals surface area contributed by atoms with Gasteiger partial charge in [-0.2, -0.15) is 0 Å². The minimum absolute atomic E-state index is 0.543. The summed E-state index contributed by atoms with van der Waals surface area (Å²) in [5.74, 6) is 6.87. The summed E-state index contributed by atoms with van der Waals surface area (Å²) in [6.45, 7) is 6.48. The van der Waals surface area contributed by atoms with E-state index in [1.165, 1.54) is 19.3 Å². The van der Waals surface area contributed by atoms with Crippen LogP contribution in [0.25, 0.3) is 0 Å². The Bertz CT molecular complexity index is 112. The second kappa shape index (κ2) is 6.68. The summed E-state index contributed by atoms with van der Waals surface area (Å²) in [6.07, 6.45) is 4.98. The maximum absolute atomic E-state index is 3.17. The normalized spacial score (nSPS) is 9.20. The molecule has 0 aromatic heterocycles. The van der Waals surface area contributed by atoms with Crippen LogP contribution in [0.3, 0.4) is 0 Å². The second-order valence-electron chi connectivity index (χ2n) is 2.93. The molecule has 0 heterocycles. The highest BCUT2D eigenvalue weighted by Crippen LogP contribution is 1.97. The molecule has 0 saturated carbocycles. The smallest absolute Gasteiger partial charge is 0.0146 e. The van der Waals surface area contributed by atoms with E-state index >= 15 is 0 Å². The van der Waals surface area contributed by atoms with E-state index in [1.54, 1.807) is 0 Å². The maximum atomic E-state index is 3.17. The van der Waals surface area contributed by atoms with Crippen LogP contribution in [-0.2, 0) is 0 Å². The first-order valence-corrected chi connectivity index (χ1v) is 4.25. The zero-order valence-electron chi connectivity index (χ0n) is 7.41. The van der Waals surface area contributed by atoms with Gasteiger partial charge in [-0.05, 0) is 6.42 Å². The molecule has 0 nitrogen and oxygen atoms in total. The molecule has 0 bridgehead atoms. The van der Waals surface area contributed by atoms with Gasteiger partial charge in [0.15, 0.2) is 0 Å². The largest absolute Gasteiger partial charge is 0.103 e. The van der Waals surface area contributed by atoms with E-state index in [-0.39, 0.29) is 0 Å². The Morgan fingerprint density at radius 3 is 2.40 bits per heavy atom. The Labute approximate surface area is 65.0 Å². The molecular formula is C10H18. The van der Waals surface area contributed by atoms with Crippen LogP contribution in [0.1, 0.15) is 46.5 Å². The Balaban J connectivity index is 3.12. The van der Waals surface area contributed by atoms with Crippen molar-refractivity contribution in [2.75, 3.05) is 0 Å². The fourth-order valence-electron chi connectivity index (χ4n) is 0.740. The molecule has 10 heavy (non-hydrogen) atoms. The lowest BCUT2D eigenvalue weighted by Gasteiger charge is -1.90. The highest BCUT2D eigenvalue weighted by atomic mass is 13.9. The average molecular weight is 138 g/mol. The van der Waals surface area contributed by atoms with Crippen LogP contribution in [0.15, 0.2) is 0 Å². The quantitative estimate of drug-likeness (QED) is 0.415. The van der Waals surface area contributed by atoms with Crippen LogP contribution in [0, 0.1) is 17.8 Å². The van der Waals surface area contributed by atoms with E-state index in [4.69, 9.17) is 0 Å². The Kier molecular flexibility index (Phi) is 6.38. The molecule has 0 spiro atoms. The second-order valence-corrected chi connectivity index (χ2v) is 2.93. The van der Waals surface area contributed by atoms with Crippen molar-refractivity contribution in [1.82, 2.24) is 0 Å². The number of hydrogen-bond donors (Lipinski definition) is 0. The molecule has 0 amide bonds. The predicted octanol–water partition coefficient (Wildman–Crippen LogP) is 3.23. The lowest BCUT2D eigenvalue weighted by atomic mass is 10.2. The highest BCUT2D eigenvalue weighted by molar-refractivity contribution is 5.00. The van der Waals surface area contributed by atoms with Gasteiger partial charge in [-0.15, -0.1) is 11.8 Å². The summed E-state index contributed by atoms with van der Waals surface area (Å²) in [5, 5.41) is 0. The molecule has 58 valence electrons. The van der Waals surface area contributed by atoms with Gasteiger partial charge in [0.05, 0.1) is 0 Å². The van der Waals surface area contributed by atoms with Gasteiger partial charge in [-0.1, -0.05) is 33.6 Å². The Morgan fingerprint density at radius 2 is 1.90 bits per heavy atom. The molecular weight excluding hydrogens is 120 g/mol. The zero-order valence-corrected chi connectivity index (χ0v) is 7.41. The number of rotatable bonds is 3. The van der Waals surface area contributed by atoms with E-state index in [0.29, 0.717) is 5.92 Å². The van der Waals surface area contributed by atoms with E-state index < -0.39 is 0 Å². The Hall–Kier alpha value is -0.440. The van der Waals surface area contributed by atoms with E-state index in [2.05, 4.69) is 32.6 Å². The summed E-state index contributed by atoms with van der Waals surface area (Å²) < 4.78 is 0.